The van der Waals surface area contributed by atoms with E-state index in [1.54, 1.807) is 0 Å². The van der Waals surface area contributed by atoms with E-state index in [-0.39, 0.29) is 0 Å². The molecule has 3 aliphatic carbocycles. The molecule has 0 heterocycles. The third-order valence-electron chi connectivity index (χ3n) is 6.35. The van der Waals surface area contributed by atoms with Crippen LogP contribution in [0, 0.1) is 0 Å². The van der Waals surface area contributed by atoms with E-state index in [0.29, 0.717) is 0 Å². The molecule has 0 saturated carbocycles. The van der Waals surface area contributed by atoms with Crippen molar-refractivity contribution in [2.24, 2.45) is 0 Å². The van der Waals surface area contributed by atoms with Gasteiger partial charge in [0.05, 0.1) is 0 Å². The zero-order valence-corrected chi connectivity index (χ0v) is 15.2. The van der Waals surface area contributed by atoms with Crippen LogP contribution >= 0.6 is 0 Å². The van der Waals surface area contributed by atoms with Crippen molar-refractivity contribution in [3.63, 3.8) is 0 Å². The number of benzene rings is 4. The Morgan fingerprint density at radius 1 is 0.357 bits per heavy atom. The van der Waals surface area contributed by atoms with Crippen LogP contribution < -0.4 is 5.22 Å². The van der Waals surface area contributed by atoms with Gasteiger partial charge in [-0.1, -0.05) is 97.1 Å². The highest BCUT2D eigenvalue weighted by Gasteiger charge is 2.32. The molecule has 28 heavy (non-hydrogen) atoms. The maximum absolute atomic E-state index is 2.31. The summed E-state index contributed by atoms with van der Waals surface area (Å²) in [6.07, 6.45) is 0. The Labute approximate surface area is 163 Å². The molecular weight excluding hydrogens is 336 g/mol. The van der Waals surface area contributed by atoms with E-state index in [2.05, 4.69) is 97.1 Å². The van der Waals surface area contributed by atoms with Crippen LogP contribution in [0.3, 0.4) is 0 Å². The summed E-state index contributed by atoms with van der Waals surface area (Å²) in [6.45, 7) is 0. The van der Waals surface area contributed by atoms with Crippen LogP contribution in [0.5, 0.6) is 0 Å². The summed E-state index contributed by atoms with van der Waals surface area (Å²) in [7, 11) is 0. The minimum absolute atomic E-state index is 1.30. The number of hydrogen-bond donors (Lipinski definition) is 0. The second-order valence-electron chi connectivity index (χ2n) is 7.69. The molecule has 0 radical (unpaired) electrons. The highest BCUT2D eigenvalue weighted by atomic mass is 14.3. The fourth-order valence-corrected chi connectivity index (χ4v) is 5.33. The van der Waals surface area contributed by atoms with Crippen molar-refractivity contribution in [3.8, 4) is 22.3 Å². The van der Waals surface area contributed by atoms with Crippen molar-refractivity contribution in [1.29, 1.82) is 0 Å². The van der Waals surface area contributed by atoms with Crippen LogP contribution in [0.4, 0.5) is 0 Å². The van der Waals surface area contributed by atoms with Crippen molar-refractivity contribution < 1.29 is 0 Å². The van der Waals surface area contributed by atoms with Gasteiger partial charge in [-0.05, 0) is 65.7 Å². The van der Waals surface area contributed by atoms with Crippen LogP contribution in [0.15, 0.2) is 97.1 Å². The minimum atomic E-state index is 1.30. The first-order valence-corrected chi connectivity index (χ1v) is 9.81. The van der Waals surface area contributed by atoms with Crippen LogP contribution in [0.1, 0.15) is 11.1 Å². The first-order valence-electron chi connectivity index (χ1n) is 9.81. The Hall–Kier alpha value is -3.64. The van der Waals surface area contributed by atoms with Gasteiger partial charge in [0.25, 0.3) is 0 Å². The fraction of sp³-hybridized carbons (Fsp3) is 0. The second kappa shape index (κ2) is 4.99. The Bertz CT molecular complexity index is 1540. The lowest BCUT2D eigenvalue weighted by Gasteiger charge is -2.08. The molecule has 4 aromatic carbocycles. The average molecular weight is 352 g/mol. The Morgan fingerprint density at radius 3 is 1.82 bits per heavy atom. The van der Waals surface area contributed by atoms with Gasteiger partial charge in [-0.15, -0.1) is 0 Å². The maximum atomic E-state index is 2.31. The molecule has 0 N–H and O–H groups in total. The van der Waals surface area contributed by atoms with Gasteiger partial charge in [0.15, 0.2) is 0 Å². The molecule has 4 aromatic rings. The van der Waals surface area contributed by atoms with Crippen LogP contribution in [0.25, 0.3) is 49.4 Å². The maximum Gasteiger partial charge on any atom is -0.000719 e. The van der Waals surface area contributed by atoms with Crippen molar-refractivity contribution in [3.05, 3.63) is 113 Å². The number of rotatable bonds is 1. The summed E-state index contributed by atoms with van der Waals surface area (Å²) in [6, 6.07) is 35.4. The standard InChI is InChI=1S/C28H16/c1-2-9-17(10-3-1)24-21-13-6-7-14-22(21)27-26-20-12-5-4-11-18(20)19-15-8-16-23(25(19)26)28(24)27/h1-16H. The lowest BCUT2D eigenvalue weighted by molar-refractivity contribution is 1.57. The molecule has 0 heteroatoms. The molecule has 3 aliphatic rings. The van der Waals surface area contributed by atoms with E-state index in [4.69, 9.17) is 0 Å². The molecule has 0 nitrogen and oxygen atoms in total. The molecule has 0 fully saturated rings. The van der Waals surface area contributed by atoms with Gasteiger partial charge < -0.3 is 0 Å². The summed E-state index contributed by atoms with van der Waals surface area (Å²) >= 11 is 0. The summed E-state index contributed by atoms with van der Waals surface area (Å²) < 4.78 is 0. The number of hydrogen-bond acceptors (Lipinski definition) is 0. The third kappa shape index (κ3) is 1.58. The first kappa shape index (κ1) is 14.4. The molecule has 0 atom stereocenters. The summed E-state index contributed by atoms with van der Waals surface area (Å²) in [5.74, 6) is 0. The molecule has 128 valence electrons. The van der Waals surface area contributed by atoms with Gasteiger partial charge in [0, 0.05) is 0 Å². The lowest BCUT2D eigenvalue weighted by atomic mass is 9.94. The Morgan fingerprint density at radius 2 is 0.964 bits per heavy atom. The van der Waals surface area contributed by atoms with Gasteiger partial charge >= 0.3 is 0 Å². The van der Waals surface area contributed by atoms with E-state index in [9.17, 15) is 0 Å². The summed E-state index contributed by atoms with van der Waals surface area (Å²) in [5.41, 5.74) is 9.66. The molecule has 7 rings (SSSR count). The van der Waals surface area contributed by atoms with Crippen molar-refractivity contribution in [1.82, 2.24) is 0 Å². The molecule has 0 spiro atoms. The van der Waals surface area contributed by atoms with Gasteiger partial charge in [-0.25, -0.2) is 0 Å². The molecular formula is C28H16. The normalized spacial score (nSPS) is 12.9. The first-order chi connectivity index (χ1) is 13.9. The predicted octanol–water partition coefficient (Wildman–Crippen LogP) is 6.48. The van der Waals surface area contributed by atoms with Gasteiger partial charge in [0.2, 0.25) is 0 Å². The van der Waals surface area contributed by atoms with Crippen LogP contribution in [-0.2, 0) is 0 Å². The summed E-state index contributed by atoms with van der Waals surface area (Å²) in [5, 5.41) is 6.91. The highest BCUT2D eigenvalue weighted by Crippen LogP contribution is 2.51. The van der Waals surface area contributed by atoms with Crippen LogP contribution in [0.2, 0.25) is 0 Å². The van der Waals surface area contributed by atoms with Crippen molar-refractivity contribution in [2.45, 2.75) is 0 Å². The number of fused-ring (bicyclic) bond motifs is 8. The largest absolute Gasteiger partial charge is 0.0622 e. The van der Waals surface area contributed by atoms with E-state index in [0.717, 1.165) is 0 Å². The van der Waals surface area contributed by atoms with E-state index in [1.165, 1.54) is 65.7 Å². The predicted molar refractivity (Wildman–Crippen MR) is 118 cm³/mol. The van der Waals surface area contributed by atoms with Crippen molar-refractivity contribution in [2.75, 3.05) is 0 Å². The lowest BCUT2D eigenvalue weighted by Crippen LogP contribution is -2.03. The van der Waals surface area contributed by atoms with E-state index in [1.807, 2.05) is 0 Å². The van der Waals surface area contributed by atoms with Crippen molar-refractivity contribution >= 4 is 27.1 Å². The van der Waals surface area contributed by atoms with Gasteiger partial charge in [-0.2, -0.15) is 0 Å². The van der Waals surface area contributed by atoms with Crippen LogP contribution in [-0.4, -0.2) is 0 Å². The molecule has 0 unspecified atom stereocenters. The molecule has 0 bridgehead atoms. The Balaban J connectivity index is 1.82. The fourth-order valence-electron chi connectivity index (χ4n) is 5.33. The second-order valence-corrected chi connectivity index (χ2v) is 7.69. The van der Waals surface area contributed by atoms with E-state index >= 15 is 0 Å². The SMILES string of the molecule is c1ccc(C2=c3c(c4c5ccccc5c5cccc3c5-4)-c3ccccc32)cc1. The summed E-state index contributed by atoms with van der Waals surface area (Å²) in [4.78, 5) is 0. The minimum Gasteiger partial charge on any atom is -0.0622 e. The van der Waals surface area contributed by atoms with Gasteiger partial charge in [-0.3, -0.25) is 0 Å². The average Bonchev–Trinajstić information content (AvgIpc) is 3.38. The smallest absolute Gasteiger partial charge is 0.000719 e. The topological polar surface area (TPSA) is 0 Å². The van der Waals surface area contributed by atoms with E-state index < -0.39 is 0 Å². The Kier molecular flexibility index (Phi) is 2.57. The molecule has 0 aromatic heterocycles. The monoisotopic (exact) mass is 352 g/mol. The quantitative estimate of drug-likeness (QED) is 0.317. The zero-order valence-electron chi connectivity index (χ0n) is 15.2. The van der Waals surface area contributed by atoms with Gasteiger partial charge in [0.1, 0.15) is 0 Å². The molecule has 0 aliphatic heterocycles. The zero-order chi connectivity index (χ0) is 18.2. The highest BCUT2D eigenvalue weighted by molar-refractivity contribution is 6.28. The third-order valence-corrected chi connectivity index (χ3v) is 6.35. The molecule has 0 saturated heterocycles. The molecule has 0 amide bonds.